The highest BCUT2D eigenvalue weighted by Gasteiger charge is 2.39. The van der Waals surface area contributed by atoms with Crippen molar-refractivity contribution in [1.82, 2.24) is 4.90 Å². The molecule has 1 saturated heterocycles. The van der Waals surface area contributed by atoms with Crippen LogP contribution in [0.4, 0.5) is 5.69 Å². The molecular weight excluding hydrogens is 475 g/mol. The van der Waals surface area contributed by atoms with Gasteiger partial charge in [0.2, 0.25) is 0 Å². The number of hydrogen-bond donors (Lipinski definition) is 2. The first-order chi connectivity index (χ1) is 12.7. The summed E-state index contributed by atoms with van der Waals surface area (Å²) in [7, 11) is 3.25. The molecule has 6 nitrogen and oxygen atoms in total. The topological polar surface area (TPSA) is 72.1 Å². The van der Waals surface area contributed by atoms with Crippen LogP contribution in [-0.2, 0) is 0 Å². The van der Waals surface area contributed by atoms with Crippen LogP contribution in [0.15, 0.2) is 23.2 Å². The molecule has 0 bridgehead atoms. The van der Waals surface area contributed by atoms with Crippen molar-refractivity contribution in [3.8, 4) is 11.5 Å². The normalized spacial score (nSPS) is 20.0. The van der Waals surface area contributed by atoms with Crippen LogP contribution in [0.2, 0.25) is 0 Å². The van der Waals surface area contributed by atoms with Gasteiger partial charge in [-0.1, -0.05) is 12.8 Å². The van der Waals surface area contributed by atoms with Gasteiger partial charge in [-0.05, 0) is 25.0 Å². The molecule has 0 radical (unpaired) electrons. The Morgan fingerprint density at radius 1 is 1.19 bits per heavy atom. The van der Waals surface area contributed by atoms with Gasteiger partial charge in [0, 0.05) is 41.9 Å². The number of aliphatic imine (C=N–C) groups is 1. The minimum atomic E-state index is 0. The van der Waals surface area contributed by atoms with E-state index >= 15 is 0 Å². The van der Waals surface area contributed by atoms with E-state index in [1.807, 2.05) is 18.2 Å². The molecule has 1 aromatic carbocycles. The van der Waals surface area contributed by atoms with E-state index in [1.165, 1.54) is 50.3 Å². The largest absolute Gasteiger partial charge is 0.493 e. The number of ether oxygens (including phenoxy) is 2. The summed E-state index contributed by atoms with van der Waals surface area (Å²) in [5, 5.41) is 3.18. The fourth-order valence-corrected chi connectivity index (χ4v) is 4.88. The van der Waals surface area contributed by atoms with Crippen molar-refractivity contribution in [2.45, 2.75) is 31.2 Å². The summed E-state index contributed by atoms with van der Waals surface area (Å²) in [5.74, 6) is 4.27. The quantitative estimate of drug-likeness (QED) is 0.350. The summed E-state index contributed by atoms with van der Waals surface area (Å²) in [6.45, 7) is 3.11. The summed E-state index contributed by atoms with van der Waals surface area (Å²) in [5.41, 5.74) is 7.22. The second-order valence-electron chi connectivity index (χ2n) is 6.93. The van der Waals surface area contributed by atoms with Crippen LogP contribution in [0.5, 0.6) is 11.5 Å². The Bertz CT molecular complexity index is 632. The molecule has 0 unspecified atom stereocenters. The second-order valence-corrected chi connectivity index (χ2v) is 8.15. The third-order valence-corrected chi connectivity index (χ3v) is 6.36. The predicted molar refractivity (Wildman–Crippen MR) is 125 cm³/mol. The smallest absolute Gasteiger partial charge is 0.193 e. The van der Waals surface area contributed by atoms with Crippen LogP contribution < -0.4 is 20.5 Å². The number of methoxy groups -OCH3 is 2. The van der Waals surface area contributed by atoms with E-state index in [9.17, 15) is 0 Å². The summed E-state index contributed by atoms with van der Waals surface area (Å²) in [4.78, 5) is 7.37. The molecule has 8 heteroatoms. The van der Waals surface area contributed by atoms with Gasteiger partial charge in [0.25, 0.3) is 0 Å². The monoisotopic (exact) mass is 506 g/mol. The van der Waals surface area contributed by atoms with Gasteiger partial charge >= 0.3 is 0 Å². The van der Waals surface area contributed by atoms with Crippen LogP contribution in [0.25, 0.3) is 0 Å². The van der Waals surface area contributed by atoms with E-state index in [2.05, 4.69) is 22.0 Å². The van der Waals surface area contributed by atoms with Gasteiger partial charge in [-0.3, -0.25) is 9.89 Å². The van der Waals surface area contributed by atoms with E-state index < -0.39 is 0 Å². The Morgan fingerprint density at radius 2 is 1.85 bits per heavy atom. The lowest BCUT2D eigenvalue weighted by molar-refractivity contribution is 0.112. The molecule has 27 heavy (non-hydrogen) atoms. The Balaban J connectivity index is 0.00000261. The lowest BCUT2D eigenvalue weighted by Crippen LogP contribution is -2.52. The number of guanidine groups is 1. The zero-order chi connectivity index (χ0) is 18.4. The fraction of sp³-hybridized carbons (Fsp3) is 0.632. The van der Waals surface area contributed by atoms with E-state index in [0.717, 1.165) is 12.2 Å². The molecule has 2 fully saturated rings. The maximum absolute atomic E-state index is 6.18. The average Bonchev–Trinajstić information content (AvgIpc) is 3.17. The van der Waals surface area contributed by atoms with E-state index in [4.69, 9.17) is 20.2 Å². The molecule has 3 N–H and O–H groups in total. The molecule has 0 spiro atoms. The van der Waals surface area contributed by atoms with Crippen molar-refractivity contribution in [2.75, 3.05) is 50.7 Å². The second kappa shape index (κ2) is 10.6. The highest BCUT2D eigenvalue weighted by molar-refractivity contribution is 14.0. The molecule has 0 aromatic heterocycles. The van der Waals surface area contributed by atoms with Gasteiger partial charge in [-0.15, -0.1) is 24.0 Å². The Morgan fingerprint density at radius 3 is 2.48 bits per heavy atom. The number of halogens is 1. The minimum absolute atomic E-state index is 0. The predicted octanol–water partition coefficient (Wildman–Crippen LogP) is 3.41. The molecule has 1 heterocycles. The summed E-state index contributed by atoms with van der Waals surface area (Å²) in [6, 6.07) is 5.64. The number of thioether (sulfide) groups is 1. The number of nitrogens with two attached hydrogens (primary N) is 1. The molecular formula is C19H31IN4O2S. The number of rotatable bonds is 6. The third kappa shape index (κ3) is 5.57. The lowest BCUT2D eigenvalue weighted by atomic mass is 9.95. The van der Waals surface area contributed by atoms with Crippen LogP contribution in [-0.4, -0.2) is 61.8 Å². The summed E-state index contributed by atoms with van der Waals surface area (Å²) in [6.07, 6.45) is 5.04. The van der Waals surface area contributed by atoms with Gasteiger partial charge in [0.05, 0.1) is 20.8 Å². The SMILES string of the molecule is COc1ccc(NC(N)=NCC2(N3CCSCC3)CCCC2)cc1OC.I. The van der Waals surface area contributed by atoms with Crippen molar-refractivity contribution < 1.29 is 9.47 Å². The molecule has 1 saturated carbocycles. The molecule has 1 aromatic rings. The van der Waals surface area contributed by atoms with Crippen molar-refractivity contribution in [3.05, 3.63) is 18.2 Å². The molecule has 152 valence electrons. The average molecular weight is 506 g/mol. The highest BCUT2D eigenvalue weighted by atomic mass is 127. The van der Waals surface area contributed by atoms with Gasteiger partial charge in [-0.25, -0.2) is 0 Å². The number of anilines is 1. The van der Waals surface area contributed by atoms with Crippen LogP contribution in [0, 0.1) is 0 Å². The number of nitrogens with zero attached hydrogens (tertiary/aromatic N) is 2. The van der Waals surface area contributed by atoms with Gasteiger partial charge in [0.15, 0.2) is 17.5 Å². The van der Waals surface area contributed by atoms with E-state index in [1.54, 1.807) is 14.2 Å². The van der Waals surface area contributed by atoms with E-state index in [0.29, 0.717) is 17.5 Å². The number of nitrogens with one attached hydrogen (secondary N) is 1. The molecule has 1 aliphatic carbocycles. The molecule has 0 amide bonds. The van der Waals surface area contributed by atoms with Gasteiger partial charge in [0.1, 0.15) is 0 Å². The first-order valence-corrected chi connectivity index (χ1v) is 10.4. The third-order valence-electron chi connectivity index (χ3n) is 5.42. The minimum Gasteiger partial charge on any atom is -0.493 e. The Labute approximate surface area is 183 Å². The van der Waals surface area contributed by atoms with Crippen molar-refractivity contribution >= 4 is 47.4 Å². The summed E-state index contributed by atoms with van der Waals surface area (Å²) >= 11 is 2.05. The summed E-state index contributed by atoms with van der Waals surface area (Å²) < 4.78 is 10.6. The molecule has 1 aliphatic heterocycles. The number of benzene rings is 1. The first-order valence-electron chi connectivity index (χ1n) is 9.29. The maximum Gasteiger partial charge on any atom is 0.193 e. The first kappa shape index (κ1) is 22.4. The lowest BCUT2D eigenvalue weighted by Gasteiger charge is -2.42. The fourth-order valence-electron chi connectivity index (χ4n) is 3.98. The highest BCUT2D eigenvalue weighted by Crippen LogP contribution is 2.37. The van der Waals surface area contributed by atoms with Crippen molar-refractivity contribution in [1.29, 1.82) is 0 Å². The van der Waals surface area contributed by atoms with Crippen LogP contribution >= 0.6 is 35.7 Å². The molecule has 3 rings (SSSR count). The van der Waals surface area contributed by atoms with Crippen molar-refractivity contribution in [3.63, 3.8) is 0 Å². The maximum atomic E-state index is 6.18. The standard InChI is InChI=1S/C19H30N4O2S.HI/c1-24-16-6-5-15(13-17(16)25-2)22-18(20)21-14-19(7-3-4-8-19)23-9-11-26-12-10-23;/h5-6,13H,3-4,7-12,14H2,1-2H3,(H3,20,21,22);1H. The van der Waals surface area contributed by atoms with Gasteiger partial charge in [-0.2, -0.15) is 11.8 Å². The zero-order valence-electron chi connectivity index (χ0n) is 16.2. The molecule has 0 atom stereocenters. The number of hydrogen-bond acceptors (Lipinski definition) is 5. The van der Waals surface area contributed by atoms with Crippen LogP contribution in [0.3, 0.4) is 0 Å². The Kier molecular flexibility index (Phi) is 8.81. The Hall–Kier alpha value is -0.870. The molecule has 2 aliphatic rings. The van der Waals surface area contributed by atoms with Gasteiger partial charge < -0.3 is 20.5 Å². The van der Waals surface area contributed by atoms with Crippen LogP contribution in [0.1, 0.15) is 25.7 Å². The van der Waals surface area contributed by atoms with Crippen molar-refractivity contribution in [2.24, 2.45) is 10.7 Å². The zero-order valence-corrected chi connectivity index (χ0v) is 19.3. The van der Waals surface area contributed by atoms with E-state index in [-0.39, 0.29) is 29.5 Å².